The Labute approximate surface area is 535 Å². The molecule has 0 amide bonds. The van der Waals surface area contributed by atoms with E-state index in [4.69, 9.17) is 0 Å². The fourth-order valence-electron chi connectivity index (χ4n) is 15.7. The van der Waals surface area contributed by atoms with E-state index in [-0.39, 0.29) is 50.0 Å². The Hall–Kier alpha value is -7.56. The third-order valence-electron chi connectivity index (χ3n) is 21.5. The van der Waals surface area contributed by atoms with E-state index in [9.17, 15) is 0 Å². The number of hydrogen-bond donors (Lipinski definition) is 0. The molecule has 0 saturated heterocycles. The molecular formula is C85H96BN3. The zero-order chi connectivity index (χ0) is 63.7. The molecule has 2 aliphatic carbocycles. The molecule has 454 valence electrons. The maximum absolute atomic E-state index is 2.77. The number of aryl methyl sites for hydroxylation is 1. The zero-order valence-electron chi connectivity index (χ0n) is 57.6. The fourth-order valence-corrected chi connectivity index (χ4v) is 15.7. The van der Waals surface area contributed by atoms with Crippen LogP contribution in [0.25, 0.3) is 11.1 Å². The van der Waals surface area contributed by atoms with Crippen molar-refractivity contribution in [3.05, 3.63) is 237 Å². The molecule has 4 aliphatic rings. The summed E-state index contributed by atoms with van der Waals surface area (Å²) in [5.41, 5.74) is 31.6. The Kier molecular flexibility index (Phi) is 13.7. The minimum absolute atomic E-state index is 0.00206. The van der Waals surface area contributed by atoms with E-state index < -0.39 is 0 Å². The Bertz CT molecular complexity index is 4240. The van der Waals surface area contributed by atoms with Gasteiger partial charge < -0.3 is 14.7 Å². The van der Waals surface area contributed by atoms with Crippen molar-refractivity contribution in [2.75, 3.05) is 14.7 Å². The van der Waals surface area contributed by atoms with Gasteiger partial charge in [0, 0.05) is 61.9 Å². The molecule has 0 bridgehead atoms. The van der Waals surface area contributed by atoms with Gasteiger partial charge in [0.1, 0.15) is 0 Å². The zero-order valence-corrected chi connectivity index (χ0v) is 57.6. The average Bonchev–Trinajstić information content (AvgIpc) is 0.753. The van der Waals surface area contributed by atoms with E-state index in [1.165, 1.54) is 129 Å². The van der Waals surface area contributed by atoms with Gasteiger partial charge >= 0.3 is 0 Å². The molecule has 2 heterocycles. The van der Waals surface area contributed by atoms with Gasteiger partial charge in [0.2, 0.25) is 0 Å². The van der Waals surface area contributed by atoms with Crippen molar-refractivity contribution in [3.63, 3.8) is 0 Å². The Morgan fingerprint density at radius 2 is 0.775 bits per heavy atom. The van der Waals surface area contributed by atoms with Crippen molar-refractivity contribution in [1.29, 1.82) is 0 Å². The summed E-state index contributed by atoms with van der Waals surface area (Å²) in [6.45, 7) is 50.2. The van der Waals surface area contributed by atoms with Crippen LogP contribution < -0.4 is 31.1 Å². The quantitative estimate of drug-likeness (QED) is 0.154. The molecule has 4 heteroatoms. The minimum Gasteiger partial charge on any atom is -0.311 e. The third-order valence-corrected chi connectivity index (χ3v) is 21.5. The van der Waals surface area contributed by atoms with Crippen molar-refractivity contribution in [2.24, 2.45) is 0 Å². The number of rotatable bonds is 6. The van der Waals surface area contributed by atoms with Crippen molar-refractivity contribution < 1.29 is 0 Å². The number of anilines is 9. The van der Waals surface area contributed by atoms with Gasteiger partial charge in [-0.25, -0.2) is 0 Å². The molecule has 9 aromatic carbocycles. The maximum atomic E-state index is 2.77. The largest absolute Gasteiger partial charge is 0.311 e. The molecule has 9 aromatic rings. The van der Waals surface area contributed by atoms with E-state index in [1.54, 1.807) is 0 Å². The fraction of sp³-hybridized carbons (Fsp3) is 0.365. The summed E-state index contributed by atoms with van der Waals surface area (Å²) in [6, 6.07) is 69.9. The summed E-state index contributed by atoms with van der Waals surface area (Å²) in [4.78, 5) is 7.97. The molecule has 0 atom stereocenters. The maximum Gasteiger partial charge on any atom is 0.252 e. The van der Waals surface area contributed by atoms with E-state index in [1.807, 2.05) is 0 Å². The van der Waals surface area contributed by atoms with Crippen LogP contribution in [0.1, 0.15) is 213 Å². The molecule has 89 heavy (non-hydrogen) atoms. The lowest BCUT2D eigenvalue weighted by Crippen LogP contribution is -2.62. The van der Waals surface area contributed by atoms with Crippen LogP contribution >= 0.6 is 0 Å². The molecule has 0 fully saturated rings. The second kappa shape index (κ2) is 20.2. The van der Waals surface area contributed by atoms with Gasteiger partial charge in [-0.15, -0.1) is 0 Å². The molecular weight excluding hydrogens is 1070 g/mol. The van der Waals surface area contributed by atoms with Gasteiger partial charge in [0.05, 0.1) is 5.69 Å². The molecule has 3 nitrogen and oxygen atoms in total. The smallest absolute Gasteiger partial charge is 0.252 e. The lowest BCUT2D eigenvalue weighted by Gasteiger charge is -2.49. The SMILES string of the molecule is Cc1cc2c(cc1N1c3cc4c(cc3B3c5cc(N(c6ccc(C(C)(C)C)cc6)c6ccc(C(C)(C)C)cc6)ccc5N(c5ccc(C(C)(C)C)cc5-c5ccccc5)c5cc(C(C)(C)C)cc1c53)C(C)(C)c1ccccc1C4(C)C)C(C)(C)CCC2(C)C. The summed E-state index contributed by atoms with van der Waals surface area (Å²) < 4.78 is 0. The van der Waals surface area contributed by atoms with E-state index in [0.717, 1.165) is 23.5 Å². The molecule has 0 spiro atoms. The third kappa shape index (κ3) is 9.83. The molecule has 0 N–H and O–H groups in total. The van der Waals surface area contributed by atoms with Crippen molar-refractivity contribution in [3.8, 4) is 11.1 Å². The Morgan fingerprint density at radius 3 is 1.29 bits per heavy atom. The molecule has 0 saturated carbocycles. The number of nitrogens with zero attached hydrogens (tertiary/aromatic N) is 3. The van der Waals surface area contributed by atoms with Gasteiger partial charge in [-0.2, -0.15) is 0 Å². The molecule has 0 aromatic heterocycles. The van der Waals surface area contributed by atoms with Crippen LogP contribution in [0.5, 0.6) is 0 Å². The monoisotopic (exact) mass is 1170 g/mol. The van der Waals surface area contributed by atoms with Gasteiger partial charge in [-0.1, -0.05) is 236 Å². The van der Waals surface area contributed by atoms with E-state index in [0.29, 0.717) is 0 Å². The first-order valence-corrected chi connectivity index (χ1v) is 33.2. The highest BCUT2D eigenvalue weighted by molar-refractivity contribution is 7.00. The lowest BCUT2D eigenvalue weighted by atomic mass is 9.33. The first kappa shape index (κ1) is 60.4. The van der Waals surface area contributed by atoms with Crippen LogP contribution in [0.4, 0.5) is 51.2 Å². The van der Waals surface area contributed by atoms with Gasteiger partial charge in [0.25, 0.3) is 6.71 Å². The van der Waals surface area contributed by atoms with Crippen molar-refractivity contribution in [1.82, 2.24) is 0 Å². The average molecular weight is 1170 g/mol. The van der Waals surface area contributed by atoms with Gasteiger partial charge in [-0.3, -0.25) is 0 Å². The predicted molar refractivity (Wildman–Crippen MR) is 386 cm³/mol. The van der Waals surface area contributed by atoms with Crippen LogP contribution in [0.3, 0.4) is 0 Å². The number of benzene rings is 9. The Morgan fingerprint density at radius 1 is 0.348 bits per heavy atom. The minimum atomic E-state index is -0.280. The highest BCUT2D eigenvalue weighted by Crippen LogP contribution is 2.56. The van der Waals surface area contributed by atoms with E-state index >= 15 is 0 Å². The van der Waals surface area contributed by atoms with Gasteiger partial charge in [0.15, 0.2) is 0 Å². The molecule has 2 aliphatic heterocycles. The first-order chi connectivity index (χ1) is 41.6. The van der Waals surface area contributed by atoms with Crippen LogP contribution in [0.15, 0.2) is 176 Å². The van der Waals surface area contributed by atoms with Crippen LogP contribution in [0.2, 0.25) is 0 Å². The first-order valence-electron chi connectivity index (χ1n) is 33.2. The van der Waals surface area contributed by atoms with Crippen molar-refractivity contribution >= 4 is 74.3 Å². The normalized spacial score (nSPS) is 16.8. The summed E-state index contributed by atoms with van der Waals surface area (Å²) in [6.07, 6.45) is 2.31. The summed E-state index contributed by atoms with van der Waals surface area (Å²) >= 11 is 0. The van der Waals surface area contributed by atoms with Crippen LogP contribution in [-0.2, 0) is 43.3 Å². The Balaban J connectivity index is 1.19. The molecule has 0 radical (unpaired) electrons. The second-order valence-corrected chi connectivity index (χ2v) is 33.5. The summed E-state index contributed by atoms with van der Waals surface area (Å²) in [7, 11) is 0. The van der Waals surface area contributed by atoms with Crippen LogP contribution in [-0.4, -0.2) is 6.71 Å². The standard InChI is InChI=1S/C85H96BN3/c1-53-45-65-66(83(16,17)44-43-82(65,14)15)51-73(53)89-74-52-68-67(84(18,19)63-29-25-26-30-64(63)85(68,20)21)50-70(74)86-69-49-61(87(59-36-31-55(32-37-59)78(2,3)4)60-38-33-56(34-39-60)79(5,6)7)40-42-72(69)88(75-47-58(81(11,12)13)48-76(89)77(75)86)71-41-35-57(80(8,9)10)46-62(71)54-27-23-22-24-28-54/h22-42,45-52H,43-44H2,1-21H3. The molecule has 13 rings (SSSR count). The van der Waals surface area contributed by atoms with Crippen molar-refractivity contribution in [2.45, 2.75) is 202 Å². The highest BCUT2D eigenvalue weighted by atomic mass is 15.2. The highest BCUT2D eigenvalue weighted by Gasteiger charge is 2.50. The molecule has 0 unspecified atom stereocenters. The summed E-state index contributed by atoms with van der Waals surface area (Å²) in [5, 5.41) is 0. The van der Waals surface area contributed by atoms with Gasteiger partial charge in [-0.05, 0) is 214 Å². The topological polar surface area (TPSA) is 9.72 Å². The number of hydrogen-bond acceptors (Lipinski definition) is 3. The second-order valence-electron chi connectivity index (χ2n) is 33.5. The van der Waals surface area contributed by atoms with Crippen LogP contribution in [0, 0.1) is 6.92 Å². The lowest BCUT2D eigenvalue weighted by molar-refractivity contribution is 0.332. The number of fused-ring (bicyclic) bond motifs is 7. The predicted octanol–water partition coefficient (Wildman–Crippen LogP) is 21.7. The summed E-state index contributed by atoms with van der Waals surface area (Å²) in [5.74, 6) is 0. The van der Waals surface area contributed by atoms with E-state index in [2.05, 4.69) is 336 Å².